The van der Waals surface area contributed by atoms with Crippen LogP contribution < -0.4 is 15.8 Å². The van der Waals surface area contributed by atoms with E-state index in [0.717, 1.165) is 0 Å². The van der Waals surface area contributed by atoms with Crippen molar-refractivity contribution >= 4 is 11.6 Å². The van der Waals surface area contributed by atoms with Gasteiger partial charge in [-0.25, -0.2) is 0 Å². The number of nitrogen functional groups attached to an aromatic ring is 1. The zero-order chi connectivity index (χ0) is 12.9. The van der Waals surface area contributed by atoms with Gasteiger partial charge in [-0.2, -0.15) is 0 Å². The van der Waals surface area contributed by atoms with E-state index in [9.17, 15) is 4.79 Å². The predicted molar refractivity (Wildman–Crippen MR) is 65.7 cm³/mol. The third kappa shape index (κ3) is 4.74. The fourth-order valence-corrected chi connectivity index (χ4v) is 1.21. The van der Waals surface area contributed by atoms with Crippen LogP contribution in [0.2, 0.25) is 0 Å². The highest BCUT2D eigenvalue weighted by atomic mass is 16.5. The molecule has 0 atom stereocenters. The van der Waals surface area contributed by atoms with Crippen LogP contribution in [0.5, 0.6) is 5.75 Å². The summed E-state index contributed by atoms with van der Waals surface area (Å²) in [4.78, 5) is 11.5. The molecular formula is C12H18N2O3. The van der Waals surface area contributed by atoms with Crippen LogP contribution in [0.25, 0.3) is 0 Å². The molecule has 0 fully saturated rings. The molecule has 94 valence electrons. The number of anilines is 1. The summed E-state index contributed by atoms with van der Waals surface area (Å²) in [5, 5.41) is 11.6. The second-order valence-corrected chi connectivity index (χ2v) is 4.45. The summed E-state index contributed by atoms with van der Waals surface area (Å²) >= 11 is 0. The molecule has 0 aliphatic rings. The van der Waals surface area contributed by atoms with Crippen LogP contribution in [0.3, 0.4) is 0 Å². The minimum atomic E-state index is -0.643. The molecule has 0 aliphatic carbocycles. The molecule has 1 rings (SSSR count). The molecule has 0 saturated heterocycles. The van der Waals surface area contributed by atoms with Gasteiger partial charge in [-0.3, -0.25) is 4.79 Å². The number of hydrogen-bond donors (Lipinski definition) is 3. The van der Waals surface area contributed by atoms with E-state index >= 15 is 0 Å². The summed E-state index contributed by atoms with van der Waals surface area (Å²) in [5.74, 6) is 0.258. The monoisotopic (exact) mass is 238 g/mol. The van der Waals surface area contributed by atoms with Gasteiger partial charge in [-0.1, -0.05) is 6.07 Å². The van der Waals surface area contributed by atoms with Gasteiger partial charge >= 0.3 is 0 Å². The summed E-state index contributed by atoms with van der Waals surface area (Å²) in [5.41, 5.74) is 5.51. The zero-order valence-corrected chi connectivity index (χ0v) is 10.1. The maximum atomic E-state index is 11.5. The molecule has 0 saturated carbocycles. The number of nitrogens with two attached hydrogens (primary N) is 1. The number of amides is 1. The van der Waals surface area contributed by atoms with Crippen molar-refractivity contribution in [3.05, 3.63) is 24.3 Å². The Kier molecular flexibility index (Phi) is 4.34. The zero-order valence-electron chi connectivity index (χ0n) is 10.1. The highest BCUT2D eigenvalue weighted by Gasteiger charge is 2.19. The van der Waals surface area contributed by atoms with Crippen LogP contribution in [0, 0.1) is 0 Å². The number of benzene rings is 1. The molecule has 0 unspecified atom stereocenters. The minimum absolute atomic E-state index is 0.104. The van der Waals surface area contributed by atoms with Crippen LogP contribution in [0.4, 0.5) is 5.69 Å². The van der Waals surface area contributed by atoms with Gasteiger partial charge < -0.3 is 20.9 Å². The van der Waals surface area contributed by atoms with Gasteiger partial charge in [0.05, 0.1) is 12.1 Å². The van der Waals surface area contributed by atoms with E-state index in [-0.39, 0.29) is 19.1 Å². The predicted octanol–water partition coefficient (Wildman–Crippen LogP) is 0.535. The van der Waals surface area contributed by atoms with Crippen molar-refractivity contribution in [2.45, 2.75) is 19.4 Å². The number of hydrogen-bond acceptors (Lipinski definition) is 4. The Morgan fingerprint density at radius 2 is 2.24 bits per heavy atom. The maximum absolute atomic E-state index is 11.5. The van der Waals surface area contributed by atoms with Crippen molar-refractivity contribution in [1.82, 2.24) is 5.32 Å². The Bertz CT molecular complexity index is 391. The lowest BCUT2D eigenvalue weighted by atomic mass is 10.1. The summed E-state index contributed by atoms with van der Waals surface area (Å²) in [7, 11) is 0. The average Bonchev–Trinajstić information content (AvgIpc) is 2.26. The lowest BCUT2D eigenvalue weighted by molar-refractivity contribution is -0.125. The smallest absolute Gasteiger partial charge is 0.258 e. The molecule has 5 heteroatoms. The second-order valence-electron chi connectivity index (χ2n) is 4.45. The number of aliphatic hydroxyl groups is 1. The number of rotatable bonds is 5. The first-order valence-corrected chi connectivity index (χ1v) is 5.33. The highest BCUT2D eigenvalue weighted by Crippen LogP contribution is 2.14. The van der Waals surface area contributed by atoms with Gasteiger partial charge in [-0.05, 0) is 26.0 Å². The maximum Gasteiger partial charge on any atom is 0.258 e. The Balaban J connectivity index is 2.44. The van der Waals surface area contributed by atoms with Crippen molar-refractivity contribution in [3.63, 3.8) is 0 Å². The van der Waals surface area contributed by atoms with E-state index in [1.165, 1.54) is 0 Å². The lowest BCUT2D eigenvalue weighted by Gasteiger charge is -2.23. The normalized spacial score (nSPS) is 11.0. The van der Waals surface area contributed by atoms with Gasteiger partial charge in [0.25, 0.3) is 5.91 Å². The van der Waals surface area contributed by atoms with Crippen LogP contribution in [0.15, 0.2) is 24.3 Å². The van der Waals surface area contributed by atoms with Gasteiger partial charge in [-0.15, -0.1) is 0 Å². The van der Waals surface area contributed by atoms with Crippen LogP contribution in [-0.2, 0) is 4.79 Å². The second kappa shape index (κ2) is 5.54. The molecule has 1 amide bonds. The fraction of sp³-hybridized carbons (Fsp3) is 0.417. The average molecular weight is 238 g/mol. The third-order valence-corrected chi connectivity index (χ3v) is 2.10. The number of carbonyl (C=O) groups is 1. The molecule has 0 bridgehead atoms. The van der Waals surface area contributed by atoms with E-state index < -0.39 is 5.54 Å². The van der Waals surface area contributed by atoms with Gasteiger partial charge in [0, 0.05) is 11.8 Å². The molecule has 17 heavy (non-hydrogen) atoms. The molecular weight excluding hydrogens is 220 g/mol. The third-order valence-electron chi connectivity index (χ3n) is 2.10. The molecule has 0 radical (unpaired) electrons. The number of nitrogens with one attached hydrogen (secondary N) is 1. The van der Waals surface area contributed by atoms with Gasteiger partial charge in [0.15, 0.2) is 6.61 Å². The van der Waals surface area contributed by atoms with Crippen LogP contribution in [-0.4, -0.2) is 29.8 Å². The summed E-state index contributed by atoms with van der Waals surface area (Å²) in [6.45, 7) is 3.22. The quantitative estimate of drug-likeness (QED) is 0.653. The van der Waals surface area contributed by atoms with E-state index in [1.54, 1.807) is 38.1 Å². The van der Waals surface area contributed by atoms with Crippen LogP contribution in [0.1, 0.15) is 13.8 Å². The van der Waals surface area contributed by atoms with Crippen molar-refractivity contribution in [2.24, 2.45) is 0 Å². The summed E-state index contributed by atoms with van der Waals surface area (Å²) in [6.07, 6.45) is 0. The first kappa shape index (κ1) is 13.3. The van der Waals surface area contributed by atoms with Crippen LogP contribution >= 0.6 is 0 Å². The van der Waals surface area contributed by atoms with Crippen molar-refractivity contribution in [2.75, 3.05) is 18.9 Å². The lowest BCUT2D eigenvalue weighted by Crippen LogP contribution is -2.48. The van der Waals surface area contributed by atoms with Gasteiger partial charge in [0.2, 0.25) is 0 Å². The molecule has 1 aromatic rings. The molecule has 0 aliphatic heterocycles. The largest absolute Gasteiger partial charge is 0.484 e. The Morgan fingerprint density at radius 3 is 2.82 bits per heavy atom. The van der Waals surface area contributed by atoms with Crippen molar-refractivity contribution in [3.8, 4) is 5.75 Å². The fourth-order valence-electron chi connectivity index (χ4n) is 1.21. The number of aliphatic hydroxyl groups excluding tert-OH is 1. The summed E-state index contributed by atoms with van der Waals surface area (Å²) < 4.78 is 5.27. The van der Waals surface area contributed by atoms with E-state index in [1.807, 2.05) is 0 Å². The minimum Gasteiger partial charge on any atom is -0.484 e. The molecule has 5 nitrogen and oxygen atoms in total. The molecule has 1 aromatic carbocycles. The Morgan fingerprint density at radius 1 is 1.53 bits per heavy atom. The first-order valence-electron chi connectivity index (χ1n) is 5.33. The molecule has 0 spiro atoms. The Hall–Kier alpha value is -1.75. The standard InChI is InChI=1S/C12H18N2O3/c1-12(2,8-15)14-11(16)7-17-10-5-3-4-9(13)6-10/h3-6,15H,7-8,13H2,1-2H3,(H,14,16). The number of carbonyl (C=O) groups excluding carboxylic acids is 1. The van der Waals surface area contributed by atoms with E-state index in [2.05, 4.69) is 5.32 Å². The Labute approximate surface area is 101 Å². The SMILES string of the molecule is CC(C)(CO)NC(=O)COc1cccc(N)c1. The molecule has 0 aromatic heterocycles. The highest BCUT2D eigenvalue weighted by molar-refractivity contribution is 5.78. The van der Waals surface area contributed by atoms with Gasteiger partial charge in [0.1, 0.15) is 5.75 Å². The first-order chi connectivity index (χ1) is 7.93. The van der Waals surface area contributed by atoms with Crippen molar-refractivity contribution in [1.29, 1.82) is 0 Å². The number of ether oxygens (including phenoxy) is 1. The van der Waals surface area contributed by atoms with Crippen molar-refractivity contribution < 1.29 is 14.6 Å². The molecule has 0 heterocycles. The summed E-state index contributed by atoms with van der Waals surface area (Å²) in [6, 6.07) is 6.85. The van der Waals surface area contributed by atoms with E-state index in [0.29, 0.717) is 11.4 Å². The topological polar surface area (TPSA) is 84.6 Å². The molecule has 4 N–H and O–H groups in total. The van der Waals surface area contributed by atoms with E-state index in [4.69, 9.17) is 15.6 Å².